The molecule has 8 heteroatoms. The highest BCUT2D eigenvalue weighted by Crippen LogP contribution is 2.22. The van der Waals surface area contributed by atoms with Crippen molar-refractivity contribution in [2.75, 3.05) is 5.32 Å². The van der Waals surface area contributed by atoms with E-state index in [4.69, 9.17) is 23.2 Å². The van der Waals surface area contributed by atoms with Crippen LogP contribution in [0.3, 0.4) is 0 Å². The Morgan fingerprint density at radius 2 is 1.95 bits per heavy atom. The van der Waals surface area contributed by atoms with E-state index < -0.39 is 0 Å². The first-order chi connectivity index (χ1) is 10.6. The minimum atomic E-state index is -0.364. The first kappa shape index (κ1) is 14.5. The molecule has 3 aromatic rings. The third-order valence-electron chi connectivity index (χ3n) is 2.87. The molecule has 0 radical (unpaired) electrons. The molecule has 6 nitrogen and oxygen atoms in total. The van der Waals surface area contributed by atoms with Gasteiger partial charge < -0.3 is 5.32 Å². The lowest BCUT2D eigenvalue weighted by molar-refractivity contribution is 0.102. The average molecular weight is 334 g/mol. The standard InChI is InChI=1S/C14H9Cl2N5O/c15-12-8-21(20-19-12)11-6-2-1-5-10(11)18-14(22)9-4-3-7-17-13(9)16/h1-8H,(H,18,22). The fourth-order valence-corrected chi connectivity index (χ4v) is 2.22. The molecule has 2 aromatic heterocycles. The van der Waals surface area contributed by atoms with Crippen LogP contribution < -0.4 is 5.32 Å². The Kier molecular flexibility index (Phi) is 4.04. The van der Waals surface area contributed by atoms with Crippen molar-refractivity contribution in [2.24, 2.45) is 0 Å². The van der Waals surface area contributed by atoms with Gasteiger partial charge in [0, 0.05) is 6.20 Å². The van der Waals surface area contributed by atoms with Crippen LogP contribution in [-0.2, 0) is 0 Å². The molecule has 0 aliphatic carbocycles. The van der Waals surface area contributed by atoms with Crippen LogP contribution in [-0.4, -0.2) is 25.9 Å². The fraction of sp³-hybridized carbons (Fsp3) is 0. The Labute approximate surface area is 135 Å². The van der Waals surface area contributed by atoms with Gasteiger partial charge in [-0.3, -0.25) is 4.79 Å². The molecule has 0 atom stereocenters. The second-order valence-electron chi connectivity index (χ2n) is 4.30. The van der Waals surface area contributed by atoms with Gasteiger partial charge in [0.05, 0.1) is 23.1 Å². The number of pyridine rings is 1. The lowest BCUT2D eigenvalue weighted by Gasteiger charge is -2.10. The quantitative estimate of drug-likeness (QED) is 0.747. The number of rotatable bonds is 3. The predicted octanol–water partition coefficient (Wildman–Crippen LogP) is 3.22. The molecule has 3 rings (SSSR count). The van der Waals surface area contributed by atoms with Gasteiger partial charge in [0.15, 0.2) is 5.15 Å². The van der Waals surface area contributed by atoms with Crippen LogP contribution in [0, 0.1) is 0 Å². The Morgan fingerprint density at radius 3 is 2.68 bits per heavy atom. The third-order valence-corrected chi connectivity index (χ3v) is 3.34. The molecule has 1 N–H and O–H groups in total. The number of nitrogens with one attached hydrogen (secondary N) is 1. The van der Waals surface area contributed by atoms with Crippen molar-refractivity contribution in [2.45, 2.75) is 0 Å². The third kappa shape index (κ3) is 2.93. The summed E-state index contributed by atoms with van der Waals surface area (Å²) in [5.74, 6) is -0.364. The second kappa shape index (κ2) is 6.13. The molecule has 1 amide bonds. The first-order valence-corrected chi connectivity index (χ1v) is 7.00. The van der Waals surface area contributed by atoms with Crippen molar-refractivity contribution in [3.8, 4) is 5.69 Å². The summed E-state index contributed by atoms with van der Waals surface area (Å²) in [5, 5.41) is 10.8. The van der Waals surface area contributed by atoms with E-state index in [1.54, 1.807) is 36.5 Å². The van der Waals surface area contributed by atoms with E-state index in [0.29, 0.717) is 11.4 Å². The normalized spacial score (nSPS) is 10.5. The molecule has 2 heterocycles. The highest BCUT2D eigenvalue weighted by atomic mass is 35.5. The predicted molar refractivity (Wildman–Crippen MR) is 83.6 cm³/mol. The molecule has 0 spiro atoms. The van der Waals surface area contributed by atoms with Crippen LogP contribution in [0.1, 0.15) is 10.4 Å². The van der Waals surface area contributed by atoms with Crippen LogP contribution in [0.4, 0.5) is 5.69 Å². The topological polar surface area (TPSA) is 72.7 Å². The van der Waals surface area contributed by atoms with E-state index in [1.165, 1.54) is 10.9 Å². The summed E-state index contributed by atoms with van der Waals surface area (Å²) >= 11 is 11.7. The van der Waals surface area contributed by atoms with E-state index >= 15 is 0 Å². The summed E-state index contributed by atoms with van der Waals surface area (Å²) in [4.78, 5) is 16.2. The number of anilines is 1. The van der Waals surface area contributed by atoms with E-state index in [9.17, 15) is 4.79 Å². The van der Waals surface area contributed by atoms with Crippen molar-refractivity contribution >= 4 is 34.8 Å². The van der Waals surface area contributed by atoms with E-state index in [0.717, 1.165) is 0 Å². The Balaban J connectivity index is 1.93. The van der Waals surface area contributed by atoms with Gasteiger partial charge in [0.2, 0.25) is 0 Å². The maximum atomic E-state index is 12.3. The smallest absolute Gasteiger partial charge is 0.258 e. The molecule has 0 saturated heterocycles. The maximum Gasteiger partial charge on any atom is 0.258 e. The average Bonchev–Trinajstić information content (AvgIpc) is 2.94. The largest absolute Gasteiger partial charge is 0.320 e. The number of hydrogen-bond donors (Lipinski definition) is 1. The van der Waals surface area contributed by atoms with Gasteiger partial charge in [0.1, 0.15) is 5.15 Å². The monoisotopic (exact) mass is 333 g/mol. The van der Waals surface area contributed by atoms with Crippen molar-refractivity contribution in [3.63, 3.8) is 0 Å². The van der Waals surface area contributed by atoms with Crippen molar-refractivity contribution in [1.29, 1.82) is 0 Å². The summed E-state index contributed by atoms with van der Waals surface area (Å²) in [6.07, 6.45) is 3.06. The number of amides is 1. The van der Waals surface area contributed by atoms with Crippen molar-refractivity contribution < 1.29 is 4.79 Å². The molecule has 1 aromatic carbocycles. The maximum absolute atomic E-state index is 12.3. The molecule has 0 unspecified atom stereocenters. The molecule has 0 fully saturated rings. The van der Waals surface area contributed by atoms with E-state index in [-0.39, 0.29) is 21.8 Å². The number of benzene rings is 1. The zero-order chi connectivity index (χ0) is 15.5. The number of carbonyl (C=O) groups is 1. The number of para-hydroxylation sites is 2. The number of halogens is 2. The number of hydrogen-bond acceptors (Lipinski definition) is 4. The summed E-state index contributed by atoms with van der Waals surface area (Å²) < 4.78 is 1.47. The highest BCUT2D eigenvalue weighted by Gasteiger charge is 2.14. The van der Waals surface area contributed by atoms with E-state index in [2.05, 4.69) is 20.6 Å². The lowest BCUT2D eigenvalue weighted by atomic mass is 10.2. The summed E-state index contributed by atoms with van der Waals surface area (Å²) in [6, 6.07) is 10.4. The molecule has 0 saturated carbocycles. The van der Waals surface area contributed by atoms with Gasteiger partial charge in [-0.1, -0.05) is 40.5 Å². The van der Waals surface area contributed by atoms with Crippen LogP contribution in [0.5, 0.6) is 0 Å². The lowest BCUT2D eigenvalue weighted by Crippen LogP contribution is -2.14. The molecule has 0 bridgehead atoms. The van der Waals surface area contributed by atoms with Gasteiger partial charge in [-0.2, -0.15) is 0 Å². The Hall–Kier alpha value is -2.44. The van der Waals surface area contributed by atoms with Crippen molar-refractivity contribution in [1.82, 2.24) is 20.0 Å². The summed E-state index contributed by atoms with van der Waals surface area (Å²) in [7, 11) is 0. The fourth-order valence-electron chi connectivity index (χ4n) is 1.89. The molecular weight excluding hydrogens is 325 g/mol. The number of aromatic nitrogens is 4. The van der Waals surface area contributed by atoms with Crippen LogP contribution in [0.15, 0.2) is 48.8 Å². The van der Waals surface area contributed by atoms with Gasteiger partial charge in [-0.15, -0.1) is 5.10 Å². The van der Waals surface area contributed by atoms with Crippen molar-refractivity contribution in [3.05, 3.63) is 64.7 Å². The molecule has 0 aliphatic heterocycles. The van der Waals surface area contributed by atoms with Gasteiger partial charge >= 0.3 is 0 Å². The number of nitrogens with zero attached hydrogens (tertiary/aromatic N) is 4. The zero-order valence-electron chi connectivity index (χ0n) is 11.1. The molecule has 0 aliphatic rings. The first-order valence-electron chi connectivity index (χ1n) is 6.24. The van der Waals surface area contributed by atoms with Crippen LogP contribution in [0.2, 0.25) is 10.3 Å². The number of carbonyl (C=O) groups excluding carboxylic acids is 1. The second-order valence-corrected chi connectivity index (χ2v) is 5.04. The van der Waals surface area contributed by atoms with Crippen LogP contribution >= 0.6 is 23.2 Å². The molecular formula is C14H9Cl2N5O. The summed E-state index contributed by atoms with van der Waals surface area (Å²) in [6.45, 7) is 0. The Morgan fingerprint density at radius 1 is 1.14 bits per heavy atom. The van der Waals surface area contributed by atoms with Gasteiger partial charge in [0.25, 0.3) is 5.91 Å². The summed E-state index contributed by atoms with van der Waals surface area (Å²) in [5.41, 5.74) is 1.47. The molecule has 110 valence electrons. The van der Waals surface area contributed by atoms with Gasteiger partial charge in [-0.25, -0.2) is 9.67 Å². The minimum absolute atomic E-state index is 0.140. The zero-order valence-corrected chi connectivity index (χ0v) is 12.6. The van der Waals surface area contributed by atoms with Crippen LogP contribution in [0.25, 0.3) is 5.69 Å². The highest BCUT2D eigenvalue weighted by molar-refractivity contribution is 6.33. The van der Waals surface area contributed by atoms with E-state index in [1.807, 2.05) is 6.07 Å². The van der Waals surface area contributed by atoms with Gasteiger partial charge in [-0.05, 0) is 24.3 Å². The minimum Gasteiger partial charge on any atom is -0.320 e. The molecule has 22 heavy (non-hydrogen) atoms. The SMILES string of the molecule is O=C(Nc1ccccc1-n1cc(Cl)nn1)c1cccnc1Cl. The Bertz CT molecular complexity index is 833.